The molecule has 6 rings (SSSR count). The minimum atomic E-state index is -4.61. The Labute approximate surface area is 257 Å². The standard InChI is InChI=1S/C29H18BrF4N3O4S2/c30-16-6-10-19(11-7-16)37-25(39)22-21(14-4-8-17(31)9-5-14)24-27(42-23(22)26(37)40)36(28(41)43-24)13-20(38)35-18-3-1-2-15(12-18)29(32,33)34/h1-12,21-23H,13H2,(H,35,38)/t21-,22?,23?/m0/s1. The van der Waals surface area contributed by atoms with Gasteiger partial charge in [0.1, 0.15) is 17.6 Å². The summed E-state index contributed by atoms with van der Waals surface area (Å²) < 4.78 is 55.2. The summed E-state index contributed by atoms with van der Waals surface area (Å²) >= 11 is 5.13. The number of thiazole rings is 1. The molecule has 0 spiro atoms. The van der Waals surface area contributed by atoms with Crippen LogP contribution in [-0.4, -0.2) is 27.5 Å². The lowest BCUT2D eigenvalue weighted by molar-refractivity contribution is -0.137. The SMILES string of the molecule is O=C(Cn1c2c(sc1=O)[C@@H](c1ccc(F)cc1)C1C(=O)N(c3ccc(Br)cc3)C(=O)C1S2)Nc1cccc(C(F)(F)F)c1. The molecule has 3 amide bonds. The fourth-order valence-electron chi connectivity index (χ4n) is 5.25. The summed E-state index contributed by atoms with van der Waals surface area (Å²) in [5, 5.41) is 1.73. The van der Waals surface area contributed by atoms with Gasteiger partial charge in [-0.3, -0.25) is 23.7 Å². The monoisotopic (exact) mass is 691 g/mol. The van der Waals surface area contributed by atoms with E-state index in [4.69, 9.17) is 0 Å². The van der Waals surface area contributed by atoms with E-state index in [0.717, 1.165) is 55.2 Å². The van der Waals surface area contributed by atoms with Gasteiger partial charge in [-0.1, -0.05) is 57.2 Å². The van der Waals surface area contributed by atoms with E-state index in [1.807, 2.05) is 0 Å². The molecule has 3 heterocycles. The van der Waals surface area contributed by atoms with E-state index >= 15 is 0 Å². The van der Waals surface area contributed by atoms with Crippen LogP contribution in [0.25, 0.3) is 0 Å². The summed E-state index contributed by atoms with van der Waals surface area (Å²) in [5.41, 5.74) is -0.166. The lowest BCUT2D eigenvalue weighted by Crippen LogP contribution is -2.33. The maximum atomic E-state index is 13.9. The van der Waals surface area contributed by atoms with Gasteiger partial charge in [0.15, 0.2) is 0 Å². The van der Waals surface area contributed by atoms with Gasteiger partial charge >= 0.3 is 11.0 Å². The number of aromatic nitrogens is 1. The number of anilines is 2. The number of carbonyl (C=O) groups is 3. The molecule has 4 aromatic rings. The first-order valence-corrected chi connectivity index (χ1v) is 15.2. The van der Waals surface area contributed by atoms with Gasteiger partial charge in [-0.15, -0.1) is 0 Å². The third kappa shape index (κ3) is 5.43. The van der Waals surface area contributed by atoms with Gasteiger partial charge in [0, 0.05) is 21.0 Å². The van der Waals surface area contributed by atoms with Crippen LogP contribution in [0.3, 0.4) is 0 Å². The molecule has 43 heavy (non-hydrogen) atoms. The largest absolute Gasteiger partial charge is 0.416 e. The molecular formula is C29H18BrF4N3O4S2. The van der Waals surface area contributed by atoms with Gasteiger partial charge in [-0.25, -0.2) is 9.29 Å². The van der Waals surface area contributed by atoms with Crippen LogP contribution in [0.1, 0.15) is 21.9 Å². The zero-order chi connectivity index (χ0) is 30.6. The first kappa shape index (κ1) is 29.3. The highest BCUT2D eigenvalue weighted by molar-refractivity contribution is 9.10. The second-order valence-electron chi connectivity index (χ2n) is 9.83. The molecule has 0 bridgehead atoms. The molecule has 1 N–H and O–H groups in total. The quantitative estimate of drug-likeness (QED) is 0.197. The Hall–Kier alpha value is -3.75. The van der Waals surface area contributed by atoms with E-state index in [0.29, 0.717) is 21.2 Å². The van der Waals surface area contributed by atoms with Gasteiger partial charge < -0.3 is 5.32 Å². The molecule has 1 aromatic heterocycles. The Morgan fingerprint density at radius 3 is 2.33 bits per heavy atom. The van der Waals surface area contributed by atoms with Gasteiger partial charge in [0.05, 0.1) is 22.2 Å². The van der Waals surface area contributed by atoms with Crippen molar-refractivity contribution < 1.29 is 31.9 Å². The molecule has 7 nitrogen and oxygen atoms in total. The van der Waals surface area contributed by atoms with Crippen LogP contribution in [0, 0.1) is 11.7 Å². The molecule has 0 aliphatic carbocycles. The Kier molecular flexibility index (Phi) is 7.55. The predicted molar refractivity (Wildman–Crippen MR) is 157 cm³/mol. The zero-order valence-electron chi connectivity index (χ0n) is 21.6. The zero-order valence-corrected chi connectivity index (χ0v) is 24.8. The minimum absolute atomic E-state index is 0.101. The van der Waals surface area contributed by atoms with Crippen LogP contribution in [0.5, 0.6) is 0 Å². The number of alkyl halides is 3. The van der Waals surface area contributed by atoms with Crippen LogP contribution >= 0.6 is 39.0 Å². The smallest absolute Gasteiger partial charge is 0.325 e. The fraction of sp³-hybridized carbons (Fsp3) is 0.172. The molecule has 2 aliphatic rings. The highest BCUT2D eigenvalue weighted by atomic mass is 79.9. The fourth-order valence-corrected chi connectivity index (χ4v) is 8.28. The molecule has 220 valence electrons. The number of nitrogens with zero attached hydrogens (tertiary/aromatic N) is 2. The number of rotatable bonds is 5. The number of imide groups is 1. The van der Waals surface area contributed by atoms with Crippen LogP contribution in [0.4, 0.5) is 28.9 Å². The topological polar surface area (TPSA) is 88.5 Å². The molecule has 0 radical (unpaired) electrons. The molecular weight excluding hydrogens is 674 g/mol. The molecule has 14 heteroatoms. The first-order valence-electron chi connectivity index (χ1n) is 12.7. The lowest BCUT2D eigenvalue weighted by atomic mass is 9.83. The lowest BCUT2D eigenvalue weighted by Gasteiger charge is -2.30. The van der Waals surface area contributed by atoms with Crippen molar-refractivity contribution in [2.24, 2.45) is 5.92 Å². The van der Waals surface area contributed by atoms with Crippen molar-refractivity contribution in [2.45, 2.75) is 28.9 Å². The maximum absolute atomic E-state index is 13.9. The number of hydrogen-bond donors (Lipinski definition) is 1. The van der Waals surface area contributed by atoms with Crippen molar-refractivity contribution in [2.75, 3.05) is 10.2 Å². The van der Waals surface area contributed by atoms with Gasteiger partial charge in [0.2, 0.25) is 17.7 Å². The minimum Gasteiger partial charge on any atom is -0.325 e. The third-order valence-electron chi connectivity index (χ3n) is 7.14. The number of fused-ring (bicyclic) bond motifs is 2. The average Bonchev–Trinajstić information content (AvgIpc) is 3.40. The second kappa shape index (κ2) is 11.1. The summed E-state index contributed by atoms with van der Waals surface area (Å²) in [7, 11) is 0. The van der Waals surface area contributed by atoms with E-state index in [1.165, 1.54) is 30.3 Å². The maximum Gasteiger partial charge on any atom is 0.416 e. The molecule has 1 fully saturated rings. The highest BCUT2D eigenvalue weighted by Gasteiger charge is 2.56. The highest BCUT2D eigenvalue weighted by Crippen LogP contribution is 2.54. The number of carbonyl (C=O) groups excluding carboxylic acids is 3. The third-order valence-corrected chi connectivity index (χ3v) is 10.3. The van der Waals surface area contributed by atoms with Crippen molar-refractivity contribution >= 4 is 68.1 Å². The van der Waals surface area contributed by atoms with Gasteiger partial charge in [0.25, 0.3) is 0 Å². The van der Waals surface area contributed by atoms with Crippen molar-refractivity contribution in [1.29, 1.82) is 0 Å². The van der Waals surface area contributed by atoms with Crippen LogP contribution in [-0.2, 0) is 27.1 Å². The van der Waals surface area contributed by atoms with E-state index in [1.54, 1.807) is 24.3 Å². The van der Waals surface area contributed by atoms with Crippen LogP contribution in [0.15, 0.2) is 87.1 Å². The number of halogens is 5. The molecule has 3 aromatic carbocycles. The van der Waals surface area contributed by atoms with Crippen molar-refractivity contribution in [3.05, 3.63) is 109 Å². The van der Waals surface area contributed by atoms with E-state index in [9.17, 15) is 36.7 Å². The second-order valence-corrected chi connectivity index (χ2v) is 12.9. The summed E-state index contributed by atoms with van der Waals surface area (Å²) in [6.45, 7) is -0.542. The summed E-state index contributed by atoms with van der Waals surface area (Å²) in [5.74, 6) is -3.94. The van der Waals surface area contributed by atoms with Gasteiger partial charge in [-0.2, -0.15) is 13.2 Å². The molecule has 3 atom stereocenters. The molecule has 2 aliphatic heterocycles. The normalized spacial score (nSPS) is 19.7. The molecule has 0 saturated carbocycles. The van der Waals surface area contributed by atoms with Crippen molar-refractivity contribution in [1.82, 2.24) is 4.57 Å². The Bertz CT molecular complexity index is 1820. The van der Waals surface area contributed by atoms with E-state index < -0.39 is 63.8 Å². The average molecular weight is 693 g/mol. The van der Waals surface area contributed by atoms with Crippen molar-refractivity contribution in [3.8, 4) is 0 Å². The number of amides is 3. The van der Waals surface area contributed by atoms with E-state index in [2.05, 4.69) is 21.2 Å². The Morgan fingerprint density at radius 2 is 1.65 bits per heavy atom. The number of benzene rings is 3. The van der Waals surface area contributed by atoms with Crippen LogP contribution < -0.4 is 15.1 Å². The number of nitrogens with one attached hydrogen (secondary N) is 1. The summed E-state index contributed by atoms with van der Waals surface area (Å²) in [6, 6.07) is 16.2. The summed E-state index contributed by atoms with van der Waals surface area (Å²) in [6.07, 6.45) is -4.61. The number of thioether (sulfide) groups is 1. The van der Waals surface area contributed by atoms with Gasteiger partial charge in [-0.05, 0) is 60.2 Å². The molecule has 2 unspecified atom stereocenters. The molecule has 1 saturated heterocycles. The van der Waals surface area contributed by atoms with Crippen molar-refractivity contribution in [3.63, 3.8) is 0 Å². The Morgan fingerprint density at radius 1 is 0.953 bits per heavy atom. The summed E-state index contributed by atoms with van der Waals surface area (Å²) in [4.78, 5) is 54.7. The predicted octanol–water partition coefficient (Wildman–Crippen LogP) is 6.26. The Balaban J connectivity index is 1.37. The first-order chi connectivity index (χ1) is 20.4. The van der Waals surface area contributed by atoms with Crippen LogP contribution in [0.2, 0.25) is 0 Å². The number of hydrogen-bond acceptors (Lipinski definition) is 6. The van der Waals surface area contributed by atoms with E-state index in [-0.39, 0.29) is 5.69 Å².